The summed E-state index contributed by atoms with van der Waals surface area (Å²) in [6, 6.07) is -2.43. The highest BCUT2D eigenvalue weighted by Gasteiger charge is 2.76. The average molecular weight is 948 g/mol. The number of carbonyl (C=O) groups excluding carboxylic acids is 9. The quantitative estimate of drug-likeness (QED) is 0.0334. The highest BCUT2D eigenvalue weighted by Crippen LogP contribution is 2.72. The largest absolute Gasteiger partial charge is 0.481 e. The number of allylic oxidation sites excluding steroid dienone is 4. The highest BCUT2D eigenvalue weighted by molar-refractivity contribution is 7.99. The van der Waals surface area contributed by atoms with Crippen molar-refractivity contribution >= 4 is 82.5 Å². The van der Waals surface area contributed by atoms with Crippen LogP contribution in [0.25, 0.3) is 0 Å². The number of ketones is 2. The van der Waals surface area contributed by atoms with Crippen LogP contribution in [-0.2, 0) is 52.6 Å². The van der Waals surface area contributed by atoms with Crippen LogP contribution in [0.5, 0.6) is 0 Å². The topological polar surface area (TPSA) is 281 Å². The van der Waals surface area contributed by atoms with E-state index in [-0.39, 0.29) is 68.0 Å². The first-order valence-corrected chi connectivity index (χ1v) is 23.3. The Morgan fingerprint density at radius 3 is 2.34 bits per heavy atom. The molecule has 0 aromatic carbocycles. The van der Waals surface area contributed by atoms with Crippen molar-refractivity contribution in [1.82, 2.24) is 26.2 Å². The number of esters is 1. The number of alkyl halides is 1. The molecule has 21 heteroatoms. The lowest BCUT2D eigenvalue weighted by Gasteiger charge is -2.64. The first-order valence-electron chi connectivity index (χ1n) is 21.7. The van der Waals surface area contributed by atoms with E-state index >= 15 is 0 Å². The fourth-order valence-electron chi connectivity index (χ4n) is 10.6. The third kappa shape index (κ3) is 10.2. The third-order valence-corrected chi connectivity index (χ3v) is 15.6. The number of hydrogen-bond acceptors (Lipinski definition) is 14. The number of alkyl carbamates (subject to hydrolysis) is 1. The van der Waals surface area contributed by atoms with Gasteiger partial charge in [0, 0.05) is 67.0 Å². The number of imide groups is 1. The Kier molecular flexibility index (Phi) is 16.1. The Morgan fingerprint density at radius 1 is 0.985 bits per heavy atom. The molecule has 1 unspecified atom stereocenters. The van der Waals surface area contributed by atoms with Crippen LogP contribution in [0, 0.1) is 28.6 Å². The molecule has 4 aliphatic carbocycles. The fourth-order valence-corrected chi connectivity index (χ4v) is 11.7. The standard InChI is InChI=1S/C44H58ClN5O14S/c1-6-37(59)64-44(24(2)19-29-28-8-7-26-20-27(51)13-15-41(26,4)43(28,45)31(52)21-42(29,44)5)32(53)22-63-40(62)46-16-18-65-23-47-38(60)25(3)48-39(61)30(9-12-36(57)58)49-33(54)14-17-50-34(55)10-11-35(50)56/h10-11,13,15,20,24-25,28-31,52H,6-9,12,14,16-19,21-23H2,1-5H3,(H,46,62)(H,47,60)(H,48,61)(H,49,54)(H,57,58)/t24-,25+,28?,29+,30+,31+,41+,42+,43+,44+/m1/s1. The summed E-state index contributed by atoms with van der Waals surface area (Å²) in [7, 11) is 0. The summed E-state index contributed by atoms with van der Waals surface area (Å²) < 4.78 is 11.5. The predicted octanol–water partition coefficient (Wildman–Crippen LogP) is 1.84. The molecule has 0 aromatic rings. The van der Waals surface area contributed by atoms with Gasteiger partial charge in [0.25, 0.3) is 11.8 Å². The molecule has 6 amide bonds. The number of nitrogens with one attached hydrogen (secondary N) is 4. The van der Waals surface area contributed by atoms with Gasteiger partial charge in [-0.2, -0.15) is 0 Å². The number of fused-ring (bicyclic) bond motifs is 5. The van der Waals surface area contributed by atoms with Gasteiger partial charge in [-0.3, -0.25) is 48.1 Å². The molecule has 0 radical (unpaired) electrons. The molecule has 6 N–H and O–H groups in total. The first-order chi connectivity index (χ1) is 30.5. The molecule has 0 bridgehead atoms. The predicted molar refractivity (Wildman–Crippen MR) is 233 cm³/mol. The SMILES string of the molecule is CCC(=O)O[C@]1(C(=O)COC(=O)NCCSCNC(=O)[C@H](C)NC(=O)[C@H](CCC(=O)O)NC(=O)CCN2C(=O)C=CC2=O)[C@H](C)C[C@H]2C3CCC4=CC(=O)C=C[C@]4(C)[C@@]3(Cl)[C@@H](O)C[C@@]21C. The second-order valence-corrected chi connectivity index (χ2v) is 19.4. The number of carboxylic acid groups (broad SMARTS) is 1. The monoisotopic (exact) mass is 947 g/mol. The minimum Gasteiger partial charge on any atom is -0.481 e. The maximum absolute atomic E-state index is 14.4. The summed E-state index contributed by atoms with van der Waals surface area (Å²) in [5, 5.41) is 31.1. The first kappa shape index (κ1) is 50.9. The van der Waals surface area contributed by atoms with Crippen molar-refractivity contribution < 1.29 is 67.6 Å². The van der Waals surface area contributed by atoms with Gasteiger partial charge in [0.05, 0.1) is 16.9 Å². The van der Waals surface area contributed by atoms with Gasteiger partial charge < -0.3 is 41.0 Å². The van der Waals surface area contributed by atoms with Crippen LogP contribution < -0.4 is 21.3 Å². The molecule has 1 aliphatic heterocycles. The van der Waals surface area contributed by atoms with Gasteiger partial charge in [0.2, 0.25) is 23.5 Å². The van der Waals surface area contributed by atoms with Crippen molar-refractivity contribution in [1.29, 1.82) is 0 Å². The number of aliphatic hydroxyl groups excluding tert-OH is 1. The van der Waals surface area contributed by atoms with Crippen LogP contribution in [0.3, 0.4) is 0 Å². The lowest BCUT2D eigenvalue weighted by atomic mass is 9.45. The van der Waals surface area contributed by atoms with Crippen LogP contribution in [0.2, 0.25) is 0 Å². The molecular formula is C44H58ClN5O14S. The maximum atomic E-state index is 14.4. The number of halogens is 1. The smallest absolute Gasteiger partial charge is 0.407 e. The lowest BCUT2D eigenvalue weighted by Crippen LogP contribution is -2.69. The third-order valence-electron chi connectivity index (χ3n) is 13.9. The van der Waals surface area contributed by atoms with Crippen LogP contribution >= 0.6 is 23.4 Å². The number of thioether (sulfide) groups is 1. The number of aliphatic hydroxyl groups is 1. The van der Waals surface area contributed by atoms with Crippen molar-refractivity contribution in [3.63, 3.8) is 0 Å². The van der Waals surface area contributed by atoms with Gasteiger partial charge in [-0.15, -0.1) is 23.4 Å². The summed E-state index contributed by atoms with van der Waals surface area (Å²) >= 11 is 8.78. The number of carbonyl (C=O) groups is 10. The van der Waals surface area contributed by atoms with Gasteiger partial charge in [-0.25, -0.2) is 4.79 Å². The van der Waals surface area contributed by atoms with Gasteiger partial charge in [0.1, 0.15) is 12.1 Å². The molecule has 19 nitrogen and oxygen atoms in total. The number of Topliss-reactive ketones (excluding diaryl/α,β-unsaturated/α-hetero) is 1. The van der Waals surface area contributed by atoms with E-state index in [4.69, 9.17) is 26.2 Å². The Bertz CT molecular complexity index is 2060. The Balaban J connectivity index is 1.09. The lowest BCUT2D eigenvalue weighted by molar-refractivity contribution is -0.202. The van der Waals surface area contributed by atoms with E-state index in [1.54, 1.807) is 19.1 Å². The summed E-state index contributed by atoms with van der Waals surface area (Å²) in [4.78, 5) is 125. The average Bonchev–Trinajstić information content (AvgIpc) is 3.68. The number of nitrogens with zero attached hydrogens (tertiary/aromatic N) is 1. The Hall–Kier alpha value is -5.08. The molecule has 5 aliphatic rings. The van der Waals surface area contributed by atoms with Gasteiger partial charge in [-0.1, -0.05) is 39.3 Å². The van der Waals surface area contributed by atoms with Gasteiger partial charge >= 0.3 is 18.0 Å². The van der Waals surface area contributed by atoms with Crippen LogP contribution in [-0.4, -0.2) is 134 Å². The number of aliphatic carboxylic acids is 1. The van der Waals surface area contributed by atoms with E-state index in [0.717, 1.165) is 22.6 Å². The molecule has 65 heavy (non-hydrogen) atoms. The van der Waals surface area contributed by atoms with Crippen molar-refractivity contribution in [2.45, 2.75) is 115 Å². The van der Waals surface area contributed by atoms with E-state index < -0.39 is 112 Å². The van der Waals surface area contributed by atoms with Crippen molar-refractivity contribution in [3.05, 3.63) is 36.0 Å². The molecule has 3 fully saturated rings. The number of carboxylic acids is 1. The zero-order chi connectivity index (χ0) is 48.1. The van der Waals surface area contributed by atoms with Crippen molar-refractivity contribution in [3.8, 4) is 0 Å². The fraction of sp³-hybridized carbons (Fsp3) is 0.636. The zero-order valence-electron chi connectivity index (χ0n) is 37.1. The van der Waals surface area contributed by atoms with Crippen LogP contribution in [0.15, 0.2) is 36.0 Å². The summed E-state index contributed by atoms with van der Waals surface area (Å²) in [6.45, 7) is 7.67. The Morgan fingerprint density at radius 2 is 1.68 bits per heavy atom. The van der Waals surface area contributed by atoms with E-state index in [0.29, 0.717) is 19.3 Å². The van der Waals surface area contributed by atoms with E-state index in [1.807, 2.05) is 20.8 Å². The van der Waals surface area contributed by atoms with Crippen LogP contribution in [0.1, 0.15) is 86.0 Å². The molecule has 10 atom stereocenters. The molecule has 356 valence electrons. The number of hydrogen-bond donors (Lipinski definition) is 6. The Labute approximate surface area is 385 Å². The number of amides is 6. The molecule has 0 spiro atoms. The zero-order valence-corrected chi connectivity index (χ0v) is 38.6. The minimum absolute atomic E-state index is 0.0130. The summed E-state index contributed by atoms with van der Waals surface area (Å²) in [6.07, 6.45) is 5.35. The second kappa shape index (κ2) is 20.6. The molecule has 3 saturated carbocycles. The highest BCUT2D eigenvalue weighted by atomic mass is 35.5. The van der Waals surface area contributed by atoms with E-state index in [1.165, 1.54) is 24.8 Å². The summed E-state index contributed by atoms with van der Waals surface area (Å²) in [5.74, 6) is -6.68. The molecule has 0 aromatic heterocycles. The number of ether oxygens (including phenoxy) is 2. The molecule has 5 rings (SSSR count). The molecule has 1 heterocycles. The molecular weight excluding hydrogens is 890 g/mol. The minimum atomic E-state index is -1.74. The normalized spacial score (nSPS) is 30.8. The number of rotatable bonds is 20. The second-order valence-electron chi connectivity index (χ2n) is 17.7. The molecule has 0 saturated heterocycles. The maximum Gasteiger partial charge on any atom is 0.407 e. The summed E-state index contributed by atoms with van der Waals surface area (Å²) in [5.41, 5.74) is -2.80. The van der Waals surface area contributed by atoms with Crippen molar-refractivity contribution in [2.24, 2.45) is 28.6 Å². The van der Waals surface area contributed by atoms with Gasteiger partial charge in [0.15, 0.2) is 18.0 Å². The van der Waals surface area contributed by atoms with Crippen molar-refractivity contribution in [2.75, 3.05) is 31.3 Å². The van der Waals surface area contributed by atoms with Gasteiger partial charge in [-0.05, 0) is 63.0 Å². The van der Waals surface area contributed by atoms with Crippen LogP contribution in [0.4, 0.5) is 4.79 Å². The van der Waals surface area contributed by atoms with E-state index in [9.17, 15) is 53.1 Å². The van der Waals surface area contributed by atoms with E-state index in [2.05, 4.69) is 21.3 Å².